The lowest BCUT2D eigenvalue weighted by molar-refractivity contribution is -0.123. The number of benzene rings is 2. The molecule has 4 rings (SSSR count). The van der Waals surface area contributed by atoms with Crippen molar-refractivity contribution in [3.05, 3.63) is 59.2 Å². The molecule has 3 aromatic rings. The summed E-state index contributed by atoms with van der Waals surface area (Å²) in [5.41, 5.74) is 0.705. The highest BCUT2D eigenvalue weighted by Crippen LogP contribution is 2.31. The number of ether oxygens (including phenoxy) is 1. The number of carbonyl (C=O) groups is 2. The molecule has 0 saturated carbocycles. The van der Waals surface area contributed by atoms with Crippen molar-refractivity contribution in [2.45, 2.75) is 0 Å². The van der Waals surface area contributed by atoms with E-state index in [-0.39, 0.29) is 25.0 Å². The second-order valence-electron chi connectivity index (χ2n) is 5.80. The largest absolute Gasteiger partial charge is 0.480 e. The zero-order valence-corrected chi connectivity index (χ0v) is 15.2. The second kappa shape index (κ2) is 6.76. The third-order valence-electron chi connectivity index (χ3n) is 4.08. The molecule has 1 N–H and O–H groups in total. The molecule has 0 aliphatic carbocycles. The topological polar surface area (TPSA) is 71.5 Å². The average Bonchev–Trinajstić information content (AvgIpc) is 2.64. The number of hydrogen-bond acceptors (Lipinski definition) is 4. The Hall–Kier alpha value is -2.93. The van der Waals surface area contributed by atoms with Gasteiger partial charge in [0, 0.05) is 11.1 Å². The van der Waals surface area contributed by atoms with Gasteiger partial charge in [-0.05, 0) is 39.5 Å². The van der Waals surface area contributed by atoms with Crippen molar-refractivity contribution in [2.75, 3.05) is 23.4 Å². The van der Waals surface area contributed by atoms with Crippen molar-refractivity contribution in [1.29, 1.82) is 0 Å². The van der Waals surface area contributed by atoms with Crippen molar-refractivity contribution >= 4 is 50.0 Å². The molecule has 1 aliphatic rings. The van der Waals surface area contributed by atoms with Crippen molar-refractivity contribution in [1.82, 2.24) is 4.98 Å². The highest BCUT2D eigenvalue weighted by molar-refractivity contribution is 9.10. The number of hydrogen-bond donors (Lipinski definition) is 1. The maximum absolute atomic E-state index is 12.6. The van der Waals surface area contributed by atoms with E-state index in [1.165, 1.54) is 4.90 Å². The van der Waals surface area contributed by atoms with Crippen LogP contribution in [0.15, 0.2) is 59.2 Å². The minimum atomic E-state index is -0.309. The third-order valence-corrected chi connectivity index (χ3v) is 4.52. The van der Waals surface area contributed by atoms with E-state index in [2.05, 4.69) is 26.2 Å². The molecule has 0 fully saturated rings. The molecule has 0 spiro atoms. The van der Waals surface area contributed by atoms with Gasteiger partial charge < -0.3 is 10.1 Å². The first-order valence-corrected chi connectivity index (χ1v) is 8.78. The van der Waals surface area contributed by atoms with Gasteiger partial charge in [0.05, 0.1) is 0 Å². The molecule has 2 heterocycles. The van der Waals surface area contributed by atoms with E-state index >= 15 is 0 Å². The Kier molecular flexibility index (Phi) is 4.30. The molecule has 0 bridgehead atoms. The van der Waals surface area contributed by atoms with Gasteiger partial charge in [0.2, 0.25) is 5.91 Å². The fraction of sp³-hybridized carbons (Fsp3) is 0.105. The normalized spacial score (nSPS) is 13.3. The van der Waals surface area contributed by atoms with Crippen LogP contribution in [0.25, 0.3) is 10.8 Å². The lowest BCUT2D eigenvalue weighted by Crippen LogP contribution is -2.44. The number of pyridine rings is 1. The number of halogens is 1. The van der Waals surface area contributed by atoms with Crippen LogP contribution in [-0.4, -0.2) is 29.9 Å². The molecule has 1 aliphatic heterocycles. The first-order chi connectivity index (χ1) is 12.6. The van der Waals surface area contributed by atoms with Gasteiger partial charge >= 0.3 is 0 Å². The predicted molar refractivity (Wildman–Crippen MR) is 102 cm³/mol. The molecule has 0 unspecified atom stereocenters. The summed E-state index contributed by atoms with van der Waals surface area (Å²) in [6, 6.07) is 16.9. The molecular formula is C19H14BrN3O3. The van der Waals surface area contributed by atoms with E-state index in [9.17, 15) is 9.59 Å². The minimum absolute atomic E-state index is 0.113. The van der Waals surface area contributed by atoms with E-state index in [4.69, 9.17) is 4.74 Å². The first kappa shape index (κ1) is 16.5. The third kappa shape index (κ3) is 3.13. The Morgan fingerprint density at radius 1 is 1.15 bits per heavy atom. The molecule has 0 atom stereocenters. The minimum Gasteiger partial charge on any atom is -0.480 e. The quantitative estimate of drug-likeness (QED) is 0.670. The van der Waals surface area contributed by atoms with Crippen LogP contribution in [0, 0.1) is 0 Å². The summed E-state index contributed by atoms with van der Waals surface area (Å²) in [5.74, 6) is 0.204. The van der Waals surface area contributed by atoms with Crippen molar-refractivity contribution in [3.8, 4) is 5.75 Å². The second-order valence-corrected chi connectivity index (χ2v) is 6.61. The molecule has 130 valence electrons. The van der Waals surface area contributed by atoms with Crippen LogP contribution >= 0.6 is 15.9 Å². The summed E-state index contributed by atoms with van der Waals surface area (Å²) in [5, 5.41) is 4.86. The monoisotopic (exact) mass is 411 g/mol. The van der Waals surface area contributed by atoms with Crippen molar-refractivity contribution < 1.29 is 14.3 Å². The number of nitrogens with one attached hydrogen (secondary N) is 1. The Balaban J connectivity index is 1.59. The molecule has 0 saturated heterocycles. The standard InChI is InChI=1S/C19H14BrN3O3/c20-16-9-8-15-19(22-16)23(18(25)11-26-15)10-17(24)21-14-7-3-5-12-4-1-2-6-13(12)14/h1-9H,10-11H2,(H,21,24). The molecule has 1 aromatic heterocycles. The van der Waals surface area contributed by atoms with Gasteiger partial charge in [-0.2, -0.15) is 0 Å². The maximum Gasteiger partial charge on any atom is 0.266 e. The number of nitrogens with zero attached hydrogens (tertiary/aromatic N) is 2. The zero-order valence-electron chi connectivity index (χ0n) is 13.6. The number of rotatable bonds is 3. The summed E-state index contributed by atoms with van der Waals surface area (Å²) in [6.45, 7) is -0.250. The van der Waals surface area contributed by atoms with Crippen LogP contribution in [0.3, 0.4) is 0 Å². The molecule has 6 nitrogen and oxygen atoms in total. The fourth-order valence-corrected chi connectivity index (χ4v) is 3.19. The molecule has 2 amide bonds. The zero-order chi connectivity index (χ0) is 18.1. The van der Waals surface area contributed by atoms with E-state index in [0.29, 0.717) is 21.9 Å². The van der Waals surface area contributed by atoms with Gasteiger partial charge in [-0.3, -0.25) is 14.5 Å². The van der Waals surface area contributed by atoms with E-state index < -0.39 is 0 Å². The Morgan fingerprint density at radius 2 is 1.96 bits per heavy atom. The van der Waals surface area contributed by atoms with Gasteiger partial charge in [0.25, 0.3) is 5.91 Å². The van der Waals surface area contributed by atoms with Crippen LogP contribution in [0.1, 0.15) is 0 Å². The number of fused-ring (bicyclic) bond motifs is 2. The molecule has 7 heteroatoms. The van der Waals surface area contributed by atoms with E-state index in [1.807, 2.05) is 42.5 Å². The summed E-state index contributed by atoms with van der Waals surface area (Å²) in [4.78, 5) is 30.4. The van der Waals surface area contributed by atoms with E-state index in [0.717, 1.165) is 10.8 Å². The average molecular weight is 412 g/mol. The summed E-state index contributed by atoms with van der Waals surface area (Å²) in [7, 11) is 0. The molecule has 0 radical (unpaired) electrons. The summed E-state index contributed by atoms with van der Waals surface area (Å²) in [6.07, 6.45) is 0. The SMILES string of the molecule is O=C(CN1C(=O)COc2ccc(Br)nc21)Nc1cccc2ccccc12. The molecule has 2 aromatic carbocycles. The van der Waals surface area contributed by atoms with E-state index in [1.54, 1.807) is 12.1 Å². The lowest BCUT2D eigenvalue weighted by Gasteiger charge is -2.27. The number of anilines is 2. The van der Waals surface area contributed by atoms with Gasteiger partial charge in [0.15, 0.2) is 18.2 Å². The number of amides is 2. The maximum atomic E-state index is 12.6. The lowest BCUT2D eigenvalue weighted by atomic mass is 10.1. The Bertz CT molecular complexity index is 1020. The van der Waals surface area contributed by atoms with Crippen LogP contribution in [0.4, 0.5) is 11.5 Å². The van der Waals surface area contributed by atoms with Crippen molar-refractivity contribution in [3.63, 3.8) is 0 Å². The number of carbonyl (C=O) groups excluding carboxylic acids is 2. The summed E-state index contributed by atoms with van der Waals surface area (Å²) < 4.78 is 5.94. The molecular weight excluding hydrogens is 398 g/mol. The summed E-state index contributed by atoms with van der Waals surface area (Å²) >= 11 is 3.28. The van der Waals surface area contributed by atoms with Crippen LogP contribution in [0.5, 0.6) is 5.75 Å². The fourth-order valence-electron chi connectivity index (χ4n) is 2.88. The highest BCUT2D eigenvalue weighted by atomic mass is 79.9. The van der Waals surface area contributed by atoms with Gasteiger partial charge in [0.1, 0.15) is 11.1 Å². The van der Waals surface area contributed by atoms with Crippen molar-refractivity contribution in [2.24, 2.45) is 0 Å². The smallest absolute Gasteiger partial charge is 0.266 e. The van der Waals surface area contributed by atoms with Gasteiger partial charge in [-0.15, -0.1) is 0 Å². The van der Waals surface area contributed by atoms with Crippen LogP contribution < -0.4 is 15.0 Å². The van der Waals surface area contributed by atoms with Crippen LogP contribution in [-0.2, 0) is 9.59 Å². The van der Waals surface area contributed by atoms with Gasteiger partial charge in [-0.25, -0.2) is 4.98 Å². The highest BCUT2D eigenvalue weighted by Gasteiger charge is 2.29. The Morgan fingerprint density at radius 3 is 2.85 bits per heavy atom. The number of aromatic nitrogens is 1. The van der Waals surface area contributed by atoms with Crippen LogP contribution in [0.2, 0.25) is 0 Å². The predicted octanol–water partition coefficient (Wildman–Crippen LogP) is 3.36. The molecule has 26 heavy (non-hydrogen) atoms. The Labute approximate surface area is 157 Å². The first-order valence-electron chi connectivity index (χ1n) is 7.99. The van der Waals surface area contributed by atoms with Gasteiger partial charge in [-0.1, -0.05) is 36.4 Å².